The van der Waals surface area contributed by atoms with E-state index in [-0.39, 0.29) is 5.91 Å². The first-order chi connectivity index (χ1) is 16.9. The molecule has 0 spiro atoms. The molecule has 8 nitrogen and oxygen atoms in total. The van der Waals surface area contributed by atoms with Crippen LogP contribution in [-0.2, 0) is 16.1 Å². The monoisotopic (exact) mass is 507 g/mol. The third-order valence-corrected chi connectivity index (χ3v) is 5.58. The first-order valence-electron chi connectivity index (χ1n) is 11.3. The van der Waals surface area contributed by atoms with Crippen LogP contribution in [0.25, 0.3) is 11.1 Å². The highest BCUT2D eigenvalue weighted by atomic mass is 19.4. The number of carbonyl (C=O) groups excluding carboxylic acids is 1. The summed E-state index contributed by atoms with van der Waals surface area (Å²) < 4.78 is 31.7. The number of amides is 1. The Morgan fingerprint density at radius 2 is 1.81 bits per heavy atom. The Bertz CT molecular complexity index is 1070. The van der Waals surface area contributed by atoms with Crippen LogP contribution >= 0.6 is 0 Å². The molecule has 0 radical (unpaired) electrons. The predicted octanol–water partition coefficient (Wildman–Crippen LogP) is 2.92. The van der Waals surface area contributed by atoms with E-state index >= 15 is 0 Å². The first kappa shape index (κ1) is 28.8. The van der Waals surface area contributed by atoms with Gasteiger partial charge in [-0.05, 0) is 43.8 Å². The normalized spacial score (nSPS) is 14.1. The van der Waals surface area contributed by atoms with Crippen LogP contribution in [0.3, 0.4) is 0 Å². The van der Waals surface area contributed by atoms with Crippen molar-refractivity contribution in [3.05, 3.63) is 59.9 Å². The van der Waals surface area contributed by atoms with E-state index in [2.05, 4.69) is 41.1 Å². The summed E-state index contributed by atoms with van der Waals surface area (Å²) in [6, 6.07) is 8.49. The number of hydrogen-bond donors (Lipinski definition) is 2. The summed E-state index contributed by atoms with van der Waals surface area (Å²) >= 11 is 0. The van der Waals surface area contributed by atoms with Crippen molar-refractivity contribution in [1.82, 2.24) is 14.8 Å². The average Bonchev–Trinajstić information content (AvgIpc) is 2.83. The number of benzene rings is 1. The van der Waals surface area contributed by atoms with Crippen molar-refractivity contribution >= 4 is 17.6 Å². The van der Waals surface area contributed by atoms with Crippen LogP contribution in [0.2, 0.25) is 0 Å². The van der Waals surface area contributed by atoms with E-state index in [0.29, 0.717) is 19.6 Å². The van der Waals surface area contributed by atoms with Gasteiger partial charge >= 0.3 is 12.1 Å². The Morgan fingerprint density at radius 3 is 2.33 bits per heavy atom. The highest BCUT2D eigenvalue weighted by molar-refractivity contribution is 5.88. The number of rotatable bonds is 6. The van der Waals surface area contributed by atoms with E-state index in [1.165, 1.54) is 16.7 Å². The summed E-state index contributed by atoms with van der Waals surface area (Å²) in [7, 11) is 3.98. The predicted molar refractivity (Wildman–Crippen MR) is 132 cm³/mol. The van der Waals surface area contributed by atoms with Gasteiger partial charge in [-0.3, -0.25) is 9.78 Å². The molecular formula is C25H32F3N5O3. The lowest BCUT2D eigenvalue weighted by molar-refractivity contribution is -0.192. The second-order valence-electron chi connectivity index (χ2n) is 8.52. The summed E-state index contributed by atoms with van der Waals surface area (Å²) in [5.74, 6) is -2.67. The number of likely N-dealkylation sites (N-methyl/N-ethyl adjacent to an activating group) is 1. The van der Waals surface area contributed by atoms with E-state index in [4.69, 9.17) is 15.6 Å². The van der Waals surface area contributed by atoms with Crippen LogP contribution in [0.1, 0.15) is 11.1 Å². The molecule has 1 aromatic carbocycles. The first-order valence-corrected chi connectivity index (χ1v) is 11.3. The summed E-state index contributed by atoms with van der Waals surface area (Å²) in [6.07, 6.45) is 2.28. The molecule has 0 unspecified atom stereocenters. The maximum absolute atomic E-state index is 12.4. The van der Waals surface area contributed by atoms with Gasteiger partial charge in [-0.15, -0.1) is 0 Å². The molecule has 2 heterocycles. The van der Waals surface area contributed by atoms with E-state index in [1.807, 2.05) is 42.4 Å². The summed E-state index contributed by atoms with van der Waals surface area (Å²) in [6.45, 7) is 6.44. The number of carboxylic acids is 1. The Labute approximate surface area is 208 Å². The Hall–Kier alpha value is -3.44. The summed E-state index contributed by atoms with van der Waals surface area (Å²) in [4.78, 5) is 31.9. The standard InChI is InChI=1S/C23H31N5O.C2HF3O2/c1-18-15-19(6-7-20(18)16-24)21-8-9-25-17-22(21)27-11-13-28(14-12-27)23(29)5-4-10-26(2)3;3-2(4,5)1(6)7/h4-9,15,17H,10-14,16,24H2,1-3H3;(H,6,7)/b5-4+;. The van der Waals surface area contributed by atoms with Gasteiger partial charge in [0.05, 0.1) is 11.9 Å². The number of carboxylic acid groups (broad SMARTS) is 1. The molecule has 1 fully saturated rings. The van der Waals surface area contributed by atoms with E-state index in [1.54, 1.807) is 6.08 Å². The minimum atomic E-state index is -5.08. The summed E-state index contributed by atoms with van der Waals surface area (Å²) in [5.41, 5.74) is 11.6. The number of halogens is 3. The molecule has 36 heavy (non-hydrogen) atoms. The fourth-order valence-electron chi connectivity index (χ4n) is 3.61. The number of carbonyl (C=O) groups is 2. The maximum atomic E-state index is 12.4. The number of hydrogen-bond acceptors (Lipinski definition) is 6. The number of aliphatic carboxylic acids is 1. The molecule has 0 aliphatic carbocycles. The van der Waals surface area contributed by atoms with Crippen LogP contribution < -0.4 is 10.6 Å². The molecule has 3 rings (SSSR count). The topological polar surface area (TPSA) is 103 Å². The van der Waals surface area contributed by atoms with Gasteiger partial charge in [-0.2, -0.15) is 13.2 Å². The number of anilines is 1. The van der Waals surface area contributed by atoms with Gasteiger partial charge in [0.2, 0.25) is 5.91 Å². The highest BCUT2D eigenvalue weighted by Gasteiger charge is 2.38. The van der Waals surface area contributed by atoms with Crippen molar-refractivity contribution in [2.45, 2.75) is 19.6 Å². The molecule has 196 valence electrons. The average molecular weight is 508 g/mol. The number of nitrogens with two attached hydrogens (primary N) is 1. The van der Waals surface area contributed by atoms with E-state index in [0.717, 1.165) is 30.9 Å². The van der Waals surface area contributed by atoms with Gasteiger partial charge in [0, 0.05) is 57.1 Å². The minimum absolute atomic E-state index is 0.0888. The van der Waals surface area contributed by atoms with Crippen LogP contribution in [0.5, 0.6) is 0 Å². The molecule has 0 bridgehead atoms. The van der Waals surface area contributed by atoms with Gasteiger partial charge < -0.3 is 25.5 Å². The van der Waals surface area contributed by atoms with Crippen LogP contribution in [0.15, 0.2) is 48.8 Å². The lowest BCUT2D eigenvalue weighted by Gasteiger charge is -2.36. The third kappa shape index (κ3) is 8.35. The lowest BCUT2D eigenvalue weighted by Crippen LogP contribution is -2.48. The summed E-state index contributed by atoms with van der Waals surface area (Å²) in [5, 5.41) is 7.12. The third-order valence-electron chi connectivity index (χ3n) is 5.58. The zero-order valence-corrected chi connectivity index (χ0v) is 20.6. The molecule has 11 heteroatoms. The molecule has 3 N–H and O–H groups in total. The number of pyridine rings is 1. The van der Waals surface area contributed by atoms with Crippen molar-refractivity contribution in [3.63, 3.8) is 0 Å². The van der Waals surface area contributed by atoms with Crippen molar-refractivity contribution in [2.24, 2.45) is 5.73 Å². The Balaban J connectivity index is 0.000000572. The van der Waals surface area contributed by atoms with Gasteiger partial charge in [0.1, 0.15) is 0 Å². The van der Waals surface area contributed by atoms with Crippen molar-refractivity contribution in [3.8, 4) is 11.1 Å². The second kappa shape index (κ2) is 13.0. The van der Waals surface area contributed by atoms with Gasteiger partial charge in [-0.25, -0.2) is 4.79 Å². The fraction of sp³-hybridized carbons (Fsp3) is 0.400. The molecule has 1 aliphatic rings. The number of aromatic nitrogens is 1. The Kier molecular flexibility index (Phi) is 10.4. The zero-order chi connectivity index (χ0) is 26.9. The van der Waals surface area contributed by atoms with Crippen molar-refractivity contribution in [2.75, 3.05) is 51.7 Å². The van der Waals surface area contributed by atoms with Gasteiger partial charge in [0.15, 0.2) is 0 Å². The molecular weight excluding hydrogens is 475 g/mol. The molecule has 1 aromatic heterocycles. The minimum Gasteiger partial charge on any atom is -0.475 e. The van der Waals surface area contributed by atoms with Crippen molar-refractivity contribution in [1.29, 1.82) is 0 Å². The number of nitrogens with zero attached hydrogens (tertiary/aromatic N) is 4. The Morgan fingerprint density at radius 1 is 1.17 bits per heavy atom. The fourth-order valence-corrected chi connectivity index (χ4v) is 3.61. The number of alkyl halides is 3. The van der Waals surface area contributed by atoms with Crippen molar-refractivity contribution < 1.29 is 27.9 Å². The van der Waals surface area contributed by atoms with Crippen LogP contribution in [0.4, 0.5) is 18.9 Å². The highest BCUT2D eigenvalue weighted by Crippen LogP contribution is 2.31. The van der Waals surface area contributed by atoms with Crippen LogP contribution in [0, 0.1) is 6.92 Å². The zero-order valence-electron chi connectivity index (χ0n) is 20.6. The molecule has 1 aliphatic heterocycles. The largest absolute Gasteiger partial charge is 0.490 e. The molecule has 2 aromatic rings. The smallest absolute Gasteiger partial charge is 0.475 e. The van der Waals surface area contributed by atoms with E-state index in [9.17, 15) is 18.0 Å². The molecule has 1 saturated heterocycles. The molecule has 0 atom stereocenters. The second-order valence-corrected chi connectivity index (χ2v) is 8.52. The SMILES string of the molecule is Cc1cc(-c2ccncc2N2CCN(C(=O)/C=C/CN(C)C)CC2)ccc1CN.O=C(O)C(F)(F)F. The quantitative estimate of drug-likeness (QED) is 0.580. The van der Waals surface area contributed by atoms with E-state index < -0.39 is 12.1 Å². The van der Waals surface area contributed by atoms with Gasteiger partial charge in [0.25, 0.3) is 0 Å². The van der Waals surface area contributed by atoms with Gasteiger partial charge in [-0.1, -0.05) is 24.3 Å². The number of piperazine rings is 1. The van der Waals surface area contributed by atoms with Crippen LogP contribution in [-0.4, -0.2) is 84.8 Å². The maximum Gasteiger partial charge on any atom is 0.490 e. The molecule has 0 saturated carbocycles. The number of aryl methyl sites for hydroxylation is 1. The molecule has 1 amide bonds. The lowest BCUT2D eigenvalue weighted by atomic mass is 9.99.